The second-order valence-corrected chi connectivity index (χ2v) is 6.69. The molecule has 0 atom stereocenters. The summed E-state index contributed by atoms with van der Waals surface area (Å²) in [5, 5.41) is 0. The molecule has 2 rings (SSSR count). The molecule has 0 amide bonds. The summed E-state index contributed by atoms with van der Waals surface area (Å²) in [4.78, 5) is 0. The van der Waals surface area contributed by atoms with Crippen molar-refractivity contribution in [2.75, 3.05) is 5.75 Å². The lowest BCUT2D eigenvalue weighted by atomic mass is 9.89. The summed E-state index contributed by atoms with van der Waals surface area (Å²) in [5.41, 5.74) is 1.16. The molecule has 0 aromatic heterocycles. The Labute approximate surface area is 114 Å². The predicted octanol–water partition coefficient (Wildman–Crippen LogP) is 2.65. The number of rotatable bonds is 5. The second kappa shape index (κ2) is 6.50. The van der Waals surface area contributed by atoms with Gasteiger partial charge in [0.2, 0.25) is 0 Å². The molecule has 0 bridgehead atoms. The summed E-state index contributed by atoms with van der Waals surface area (Å²) in [6.45, 7) is 0.606. The van der Waals surface area contributed by atoms with Gasteiger partial charge >= 0.3 is 0 Å². The molecule has 0 radical (unpaired) electrons. The monoisotopic (exact) mass is 284 g/mol. The Kier molecular flexibility index (Phi) is 4.96. The lowest BCUT2D eigenvalue weighted by molar-refractivity contribution is 0.00892. The smallest absolute Gasteiger partial charge is 0.265 e. The van der Waals surface area contributed by atoms with E-state index >= 15 is 0 Å². The van der Waals surface area contributed by atoms with E-state index in [2.05, 4.69) is 0 Å². The highest BCUT2D eigenvalue weighted by Gasteiger charge is 2.24. The highest BCUT2D eigenvalue weighted by Crippen LogP contribution is 2.27. The van der Waals surface area contributed by atoms with E-state index in [-0.39, 0.29) is 17.8 Å². The van der Waals surface area contributed by atoms with E-state index in [4.69, 9.17) is 9.29 Å². The number of hydrogen-bond acceptors (Lipinski definition) is 3. The molecule has 0 saturated heterocycles. The maximum Gasteiger partial charge on any atom is 0.265 e. The van der Waals surface area contributed by atoms with Crippen LogP contribution in [0.4, 0.5) is 0 Å². The third-order valence-corrected chi connectivity index (χ3v) is 4.46. The Morgan fingerprint density at radius 1 is 1.11 bits per heavy atom. The summed E-state index contributed by atoms with van der Waals surface area (Å²) >= 11 is 0. The summed E-state index contributed by atoms with van der Waals surface area (Å²) in [5.74, 6) is -0.0372. The van der Waals surface area contributed by atoms with Crippen LogP contribution in [0.1, 0.15) is 31.2 Å². The van der Waals surface area contributed by atoms with Crippen LogP contribution < -0.4 is 0 Å². The van der Waals surface area contributed by atoms with Crippen LogP contribution in [-0.4, -0.2) is 24.8 Å². The van der Waals surface area contributed by atoms with E-state index in [1.165, 1.54) is 0 Å². The highest BCUT2D eigenvalue weighted by molar-refractivity contribution is 7.85. The normalized spacial score (nSPS) is 24.3. The van der Waals surface area contributed by atoms with Gasteiger partial charge in [-0.1, -0.05) is 30.3 Å². The van der Waals surface area contributed by atoms with Crippen LogP contribution >= 0.6 is 0 Å². The molecule has 5 heteroatoms. The molecule has 4 nitrogen and oxygen atoms in total. The van der Waals surface area contributed by atoms with Crippen LogP contribution in [0.3, 0.4) is 0 Å². The summed E-state index contributed by atoms with van der Waals surface area (Å²) < 4.78 is 36.3. The quantitative estimate of drug-likeness (QED) is 0.844. The van der Waals surface area contributed by atoms with Gasteiger partial charge < -0.3 is 4.74 Å². The largest absolute Gasteiger partial charge is 0.374 e. The zero-order valence-electron chi connectivity index (χ0n) is 10.9. The Morgan fingerprint density at radius 3 is 2.32 bits per heavy atom. The van der Waals surface area contributed by atoms with E-state index in [9.17, 15) is 8.42 Å². The van der Waals surface area contributed by atoms with Crippen LogP contribution in [0, 0.1) is 5.92 Å². The van der Waals surface area contributed by atoms with E-state index in [0.717, 1.165) is 31.2 Å². The van der Waals surface area contributed by atoms with E-state index < -0.39 is 10.1 Å². The lowest BCUT2D eigenvalue weighted by Gasteiger charge is -2.27. The third kappa shape index (κ3) is 5.30. The van der Waals surface area contributed by atoms with Crippen molar-refractivity contribution < 1.29 is 17.7 Å². The molecular formula is C14H20O4S. The first-order valence-electron chi connectivity index (χ1n) is 6.63. The SMILES string of the molecule is O=S(=O)(O)C[C@H]1CC[C@H](OCc2ccccc2)CC1. The minimum atomic E-state index is -3.84. The first-order chi connectivity index (χ1) is 9.03. The van der Waals surface area contributed by atoms with Crippen LogP contribution in [0.2, 0.25) is 0 Å². The topological polar surface area (TPSA) is 63.6 Å². The van der Waals surface area contributed by atoms with E-state index in [1.807, 2.05) is 30.3 Å². The zero-order chi connectivity index (χ0) is 13.7. The van der Waals surface area contributed by atoms with Crippen molar-refractivity contribution in [3.05, 3.63) is 35.9 Å². The van der Waals surface area contributed by atoms with E-state index in [1.54, 1.807) is 0 Å². The average molecular weight is 284 g/mol. The molecule has 19 heavy (non-hydrogen) atoms. The molecule has 1 aliphatic carbocycles. The number of hydrogen-bond donors (Lipinski definition) is 1. The van der Waals surface area contributed by atoms with Gasteiger partial charge in [0, 0.05) is 0 Å². The third-order valence-electron chi connectivity index (χ3n) is 3.57. The van der Waals surface area contributed by atoms with Crippen LogP contribution in [0.15, 0.2) is 30.3 Å². The van der Waals surface area contributed by atoms with Crippen molar-refractivity contribution in [3.8, 4) is 0 Å². The average Bonchev–Trinajstić information content (AvgIpc) is 2.37. The maximum atomic E-state index is 10.8. The fraction of sp³-hybridized carbons (Fsp3) is 0.571. The molecule has 0 aliphatic heterocycles. The Morgan fingerprint density at radius 2 is 1.74 bits per heavy atom. The molecule has 1 aliphatic rings. The van der Waals surface area contributed by atoms with Crippen molar-refractivity contribution in [1.82, 2.24) is 0 Å². The van der Waals surface area contributed by atoms with Gasteiger partial charge in [-0.15, -0.1) is 0 Å². The Balaban J connectivity index is 1.72. The molecule has 0 spiro atoms. The first kappa shape index (κ1) is 14.5. The molecule has 1 fully saturated rings. The standard InChI is InChI=1S/C14H20O4S/c15-19(16,17)11-13-6-8-14(9-7-13)18-10-12-4-2-1-3-5-12/h1-5,13-14H,6-11H2,(H,15,16,17)/t13-,14-. The Bertz CT molecular complexity index is 475. The van der Waals surface area contributed by atoms with Gasteiger partial charge in [-0.3, -0.25) is 4.55 Å². The summed E-state index contributed by atoms with van der Waals surface area (Å²) in [6, 6.07) is 10.0. The Hall–Kier alpha value is -0.910. The highest BCUT2D eigenvalue weighted by atomic mass is 32.2. The molecule has 0 heterocycles. The van der Waals surface area contributed by atoms with Crippen molar-refractivity contribution in [3.63, 3.8) is 0 Å². The van der Waals surface area contributed by atoms with Crippen molar-refractivity contribution in [2.45, 2.75) is 38.4 Å². The van der Waals surface area contributed by atoms with Crippen molar-refractivity contribution >= 4 is 10.1 Å². The molecule has 1 aromatic carbocycles. The minimum absolute atomic E-state index is 0.0755. The lowest BCUT2D eigenvalue weighted by Crippen LogP contribution is -2.25. The fourth-order valence-electron chi connectivity index (χ4n) is 2.55. The van der Waals surface area contributed by atoms with Crippen LogP contribution in [0.25, 0.3) is 0 Å². The molecule has 106 valence electrons. The van der Waals surface area contributed by atoms with E-state index in [0.29, 0.717) is 6.61 Å². The fourth-order valence-corrected chi connectivity index (χ4v) is 3.48. The van der Waals surface area contributed by atoms with Crippen LogP contribution in [-0.2, 0) is 21.5 Å². The number of benzene rings is 1. The molecule has 1 saturated carbocycles. The van der Waals surface area contributed by atoms with Gasteiger partial charge in [0.25, 0.3) is 10.1 Å². The predicted molar refractivity (Wildman–Crippen MR) is 73.4 cm³/mol. The van der Waals surface area contributed by atoms with Gasteiger partial charge in [0.1, 0.15) is 0 Å². The first-order valence-corrected chi connectivity index (χ1v) is 8.24. The number of ether oxygens (including phenoxy) is 1. The van der Waals surface area contributed by atoms with Crippen LogP contribution in [0.5, 0.6) is 0 Å². The van der Waals surface area contributed by atoms with Crippen molar-refractivity contribution in [1.29, 1.82) is 0 Å². The van der Waals surface area contributed by atoms with Gasteiger partial charge in [-0.05, 0) is 37.2 Å². The molecule has 0 unspecified atom stereocenters. The van der Waals surface area contributed by atoms with Gasteiger partial charge in [0.05, 0.1) is 18.5 Å². The zero-order valence-corrected chi connectivity index (χ0v) is 11.7. The summed E-state index contributed by atoms with van der Waals surface area (Å²) in [7, 11) is -3.84. The van der Waals surface area contributed by atoms with Gasteiger partial charge in [-0.2, -0.15) is 8.42 Å². The summed E-state index contributed by atoms with van der Waals surface area (Å²) in [6.07, 6.45) is 3.55. The van der Waals surface area contributed by atoms with Crippen molar-refractivity contribution in [2.24, 2.45) is 5.92 Å². The molecule has 1 aromatic rings. The maximum absolute atomic E-state index is 10.8. The minimum Gasteiger partial charge on any atom is -0.374 e. The van der Waals surface area contributed by atoms with Gasteiger partial charge in [0.15, 0.2) is 0 Å². The molecule has 1 N–H and O–H groups in total. The second-order valence-electron chi connectivity index (χ2n) is 5.19. The van der Waals surface area contributed by atoms with Gasteiger partial charge in [-0.25, -0.2) is 0 Å². The molecular weight excluding hydrogens is 264 g/mol.